The molecule has 0 saturated heterocycles. The number of hydrogen-bond donors (Lipinski definition) is 1. The van der Waals surface area contributed by atoms with Gasteiger partial charge in [0.05, 0.1) is 13.5 Å². The maximum absolute atomic E-state index is 12.8. The Morgan fingerprint density at radius 3 is 2.72 bits per heavy atom. The molecule has 0 aliphatic heterocycles. The molecule has 0 aliphatic carbocycles. The minimum Gasteiger partial charge on any atom is -0.469 e. The Labute approximate surface area is 102 Å². The molecule has 0 atom stereocenters. The van der Waals surface area contributed by atoms with Crippen LogP contribution in [0.25, 0.3) is 0 Å². The van der Waals surface area contributed by atoms with Gasteiger partial charge >= 0.3 is 5.97 Å². The second-order valence-electron chi connectivity index (χ2n) is 3.39. The number of nitrogens with zero attached hydrogens (tertiary/aromatic N) is 2. The molecule has 0 radical (unpaired) electrons. The van der Waals surface area contributed by atoms with E-state index < -0.39 is 12.4 Å². The molecular formula is C11H11F2N3O2. The van der Waals surface area contributed by atoms with Crippen molar-refractivity contribution >= 4 is 5.97 Å². The van der Waals surface area contributed by atoms with Gasteiger partial charge in [0, 0.05) is 23.9 Å². The van der Waals surface area contributed by atoms with E-state index in [1.807, 2.05) is 0 Å². The highest BCUT2D eigenvalue weighted by Crippen LogP contribution is 2.26. The third-order valence-corrected chi connectivity index (χ3v) is 2.43. The number of carbonyl (C=O) groups is 1. The molecular weight excluding hydrogens is 244 g/mol. The van der Waals surface area contributed by atoms with E-state index in [1.165, 1.54) is 7.11 Å². The lowest BCUT2D eigenvalue weighted by molar-refractivity contribution is -0.139. The fourth-order valence-corrected chi connectivity index (χ4v) is 1.54. The van der Waals surface area contributed by atoms with Gasteiger partial charge < -0.3 is 10.5 Å². The monoisotopic (exact) mass is 255 g/mol. The van der Waals surface area contributed by atoms with Gasteiger partial charge in [0.2, 0.25) is 0 Å². The van der Waals surface area contributed by atoms with Crippen LogP contribution in [-0.2, 0) is 22.5 Å². The fraction of sp³-hybridized carbons (Fsp3) is 0.364. The van der Waals surface area contributed by atoms with Crippen molar-refractivity contribution in [3.8, 4) is 6.07 Å². The SMILES string of the molecule is COC(=O)Cc1c(C#N)ncc(C(F)F)c1CN. The van der Waals surface area contributed by atoms with Crippen LogP contribution >= 0.6 is 0 Å². The van der Waals surface area contributed by atoms with Gasteiger partial charge in [0.1, 0.15) is 11.8 Å². The lowest BCUT2D eigenvalue weighted by Gasteiger charge is -2.13. The molecule has 18 heavy (non-hydrogen) atoms. The molecule has 7 heteroatoms. The number of alkyl halides is 2. The topological polar surface area (TPSA) is 89.0 Å². The Kier molecular flexibility index (Phi) is 4.68. The van der Waals surface area contributed by atoms with Gasteiger partial charge in [-0.25, -0.2) is 13.8 Å². The van der Waals surface area contributed by atoms with E-state index in [-0.39, 0.29) is 35.3 Å². The minimum absolute atomic E-state index is 0.0713. The van der Waals surface area contributed by atoms with Crippen molar-refractivity contribution in [1.29, 1.82) is 5.26 Å². The van der Waals surface area contributed by atoms with Gasteiger partial charge in [-0.3, -0.25) is 4.79 Å². The number of nitriles is 1. The van der Waals surface area contributed by atoms with Crippen molar-refractivity contribution in [2.24, 2.45) is 5.73 Å². The number of rotatable bonds is 4. The normalized spacial score (nSPS) is 10.2. The molecule has 0 unspecified atom stereocenters. The predicted molar refractivity (Wildman–Crippen MR) is 57.5 cm³/mol. The number of ether oxygens (including phenoxy) is 1. The molecule has 96 valence electrons. The molecule has 1 rings (SSSR count). The van der Waals surface area contributed by atoms with Crippen molar-refractivity contribution in [2.45, 2.75) is 19.4 Å². The maximum Gasteiger partial charge on any atom is 0.310 e. The molecule has 1 heterocycles. The quantitative estimate of drug-likeness (QED) is 0.813. The zero-order chi connectivity index (χ0) is 13.7. The third-order valence-electron chi connectivity index (χ3n) is 2.43. The van der Waals surface area contributed by atoms with E-state index in [0.717, 1.165) is 6.20 Å². The summed E-state index contributed by atoms with van der Waals surface area (Å²) in [5.74, 6) is -0.644. The molecule has 1 aromatic rings. The Morgan fingerprint density at radius 2 is 2.28 bits per heavy atom. The van der Waals surface area contributed by atoms with E-state index in [0.29, 0.717) is 0 Å². The summed E-state index contributed by atoms with van der Waals surface area (Å²) < 4.78 is 30.0. The number of halogens is 2. The minimum atomic E-state index is -2.76. The van der Waals surface area contributed by atoms with Gasteiger partial charge in [-0.05, 0) is 5.56 Å². The van der Waals surface area contributed by atoms with E-state index in [2.05, 4.69) is 9.72 Å². The van der Waals surface area contributed by atoms with E-state index in [9.17, 15) is 13.6 Å². The number of carbonyl (C=O) groups excluding carboxylic acids is 1. The Morgan fingerprint density at radius 1 is 1.61 bits per heavy atom. The third kappa shape index (κ3) is 2.78. The Bertz CT molecular complexity index is 498. The summed E-state index contributed by atoms with van der Waals surface area (Å²) in [6.07, 6.45) is -2.16. The highest BCUT2D eigenvalue weighted by molar-refractivity contribution is 5.74. The summed E-state index contributed by atoms with van der Waals surface area (Å²) in [6.45, 7) is -0.205. The van der Waals surface area contributed by atoms with Crippen LogP contribution in [-0.4, -0.2) is 18.1 Å². The smallest absolute Gasteiger partial charge is 0.310 e. The standard InChI is InChI=1S/C11H11F2N3O2/c1-18-10(17)2-6-7(3-14)8(11(12)13)5-16-9(6)4-15/h5,11H,2-3,14H2,1H3. The maximum atomic E-state index is 12.8. The number of nitrogens with two attached hydrogens (primary N) is 1. The summed E-state index contributed by atoms with van der Waals surface area (Å²) >= 11 is 0. The van der Waals surface area contributed by atoms with Crippen molar-refractivity contribution in [3.05, 3.63) is 28.6 Å². The average molecular weight is 255 g/mol. The number of pyridine rings is 1. The fourth-order valence-electron chi connectivity index (χ4n) is 1.54. The highest BCUT2D eigenvalue weighted by atomic mass is 19.3. The van der Waals surface area contributed by atoms with Gasteiger partial charge in [0.25, 0.3) is 6.43 Å². The van der Waals surface area contributed by atoms with Crippen molar-refractivity contribution in [2.75, 3.05) is 7.11 Å². The Balaban J connectivity index is 3.38. The summed E-state index contributed by atoms with van der Waals surface area (Å²) in [4.78, 5) is 14.8. The van der Waals surface area contributed by atoms with Gasteiger partial charge in [-0.2, -0.15) is 5.26 Å². The first kappa shape index (κ1) is 14.0. The van der Waals surface area contributed by atoms with E-state index in [1.54, 1.807) is 6.07 Å². The molecule has 2 N–H and O–H groups in total. The molecule has 0 aliphatic rings. The van der Waals surface area contributed by atoms with E-state index >= 15 is 0 Å². The largest absolute Gasteiger partial charge is 0.469 e. The first-order chi connectivity index (χ1) is 8.54. The predicted octanol–water partition coefficient (Wildman–Crippen LogP) is 1.07. The molecule has 0 spiro atoms. The number of methoxy groups -OCH3 is 1. The zero-order valence-electron chi connectivity index (χ0n) is 9.61. The van der Waals surface area contributed by atoms with Crippen molar-refractivity contribution in [1.82, 2.24) is 4.98 Å². The average Bonchev–Trinajstić information content (AvgIpc) is 2.37. The van der Waals surface area contributed by atoms with Crippen LogP contribution in [0.2, 0.25) is 0 Å². The number of aromatic nitrogens is 1. The summed E-state index contributed by atoms with van der Waals surface area (Å²) in [6, 6.07) is 1.75. The molecule has 0 bridgehead atoms. The molecule has 0 saturated carbocycles. The van der Waals surface area contributed by atoms with Crippen LogP contribution in [0.5, 0.6) is 0 Å². The highest BCUT2D eigenvalue weighted by Gasteiger charge is 2.21. The van der Waals surface area contributed by atoms with Crippen LogP contribution in [0.15, 0.2) is 6.20 Å². The lowest BCUT2D eigenvalue weighted by atomic mass is 9.99. The second kappa shape index (κ2) is 6.02. The van der Waals surface area contributed by atoms with E-state index in [4.69, 9.17) is 11.0 Å². The zero-order valence-corrected chi connectivity index (χ0v) is 9.61. The van der Waals surface area contributed by atoms with Crippen LogP contribution in [0.3, 0.4) is 0 Å². The molecule has 5 nitrogen and oxygen atoms in total. The van der Waals surface area contributed by atoms with Crippen LogP contribution in [0, 0.1) is 11.3 Å². The summed E-state index contributed by atoms with van der Waals surface area (Å²) in [7, 11) is 1.17. The van der Waals surface area contributed by atoms with Crippen molar-refractivity contribution < 1.29 is 18.3 Å². The van der Waals surface area contributed by atoms with Crippen LogP contribution in [0.4, 0.5) is 8.78 Å². The first-order valence-electron chi connectivity index (χ1n) is 5.00. The first-order valence-corrected chi connectivity index (χ1v) is 5.00. The molecule has 0 aromatic carbocycles. The lowest BCUT2D eigenvalue weighted by Crippen LogP contribution is -2.14. The molecule has 0 fully saturated rings. The van der Waals surface area contributed by atoms with Crippen molar-refractivity contribution in [3.63, 3.8) is 0 Å². The Hall–Kier alpha value is -2.07. The second-order valence-corrected chi connectivity index (χ2v) is 3.39. The van der Waals surface area contributed by atoms with Gasteiger partial charge in [-0.15, -0.1) is 0 Å². The number of hydrogen-bond acceptors (Lipinski definition) is 5. The number of esters is 1. The molecule has 1 aromatic heterocycles. The van der Waals surface area contributed by atoms with Crippen LogP contribution < -0.4 is 5.73 Å². The van der Waals surface area contributed by atoms with Gasteiger partial charge in [0.15, 0.2) is 0 Å². The molecule has 0 amide bonds. The van der Waals surface area contributed by atoms with Crippen LogP contribution in [0.1, 0.15) is 28.8 Å². The summed E-state index contributed by atoms with van der Waals surface area (Å²) in [5.41, 5.74) is 5.12. The van der Waals surface area contributed by atoms with Gasteiger partial charge in [-0.1, -0.05) is 0 Å². The summed E-state index contributed by atoms with van der Waals surface area (Å²) in [5, 5.41) is 8.86.